The summed E-state index contributed by atoms with van der Waals surface area (Å²) in [4.78, 5) is 20.8. The number of carbonyl (C=O) groups excluding carboxylic acids is 1. The number of nitrogens with zero attached hydrogens (tertiary/aromatic N) is 3. The van der Waals surface area contributed by atoms with Crippen molar-refractivity contribution in [2.45, 2.75) is 45.2 Å². The van der Waals surface area contributed by atoms with Crippen LogP contribution < -0.4 is 4.74 Å². The second-order valence-electron chi connectivity index (χ2n) is 9.91. The minimum atomic E-state index is 0.210. The van der Waals surface area contributed by atoms with Crippen molar-refractivity contribution >= 4 is 5.91 Å². The van der Waals surface area contributed by atoms with Gasteiger partial charge < -0.3 is 19.3 Å². The Hall–Kier alpha value is -2.41. The van der Waals surface area contributed by atoms with Gasteiger partial charge in [-0.3, -0.25) is 9.69 Å². The number of carbonyl (C=O) groups is 1. The lowest BCUT2D eigenvalue weighted by Crippen LogP contribution is -2.48. The van der Waals surface area contributed by atoms with Gasteiger partial charge in [-0.15, -0.1) is 0 Å². The summed E-state index contributed by atoms with van der Waals surface area (Å²) in [6, 6.07) is 16.7. The Kier molecular flexibility index (Phi) is 9.57. The second-order valence-corrected chi connectivity index (χ2v) is 9.91. The number of likely N-dealkylation sites (tertiary alicyclic amines) is 1. The van der Waals surface area contributed by atoms with Gasteiger partial charge in [0.1, 0.15) is 5.75 Å². The molecule has 1 amide bonds. The molecule has 2 aliphatic rings. The molecule has 6 nitrogen and oxygen atoms in total. The van der Waals surface area contributed by atoms with Crippen LogP contribution >= 0.6 is 0 Å². The van der Waals surface area contributed by atoms with E-state index in [1.165, 1.54) is 17.5 Å². The minimum Gasteiger partial charge on any atom is -0.497 e. The third-order valence-electron chi connectivity index (χ3n) is 7.36. The third-order valence-corrected chi connectivity index (χ3v) is 7.36. The van der Waals surface area contributed by atoms with Gasteiger partial charge in [-0.2, -0.15) is 0 Å². The van der Waals surface area contributed by atoms with Crippen molar-refractivity contribution in [3.8, 4) is 5.75 Å². The van der Waals surface area contributed by atoms with E-state index in [2.05, 4.69) is 45.9 Å². The van der Waals surface area contributed by atoms with E-state index in [-0.39, 0.29) is 11.9 Å². The van der Waals surface area contributed by atoms with Crippen LogP contribution in [-0.4, -0.2) is 86.2 Å². The summed E-state index contributed by atoms with van der Waals surface area (Å²) in [5.41, 5.74) is 3.48. The summed E-state index contributed by atoms with van der Waals surface area (Å²) in [7, 11) is 1.67. The average Bonchev–Trinajstić information content (AvgIpc) is 2.90. The van der Waals surface area contributed by atoms with Gasteiger partial charge in [0.15, 0.2) is 0 Å². The smallest absolute Gasteiger partial charge is 0.227 e. The fourth-order valence-electron chi connectivity index (χ4n) is 5.13. The van der Waals surface area contributed by atoms with Crippen LogP contribution in [0.25, 0.3) is 0 Å². The predicted octanol–water partition coefficient (Wildman–Crippen LogP) is 3.76. The Morgan fingerprint density at radius 1 is 0.914 bits per heavy atom. The quantitative estimate of drug-likeness (QED) is 0.519. The van der Waals surface area contributed by atoms with E-state index in [9.17, 15) is 4.79 Å². The number of rotatable bonds is 10. The van der Waals surface area contributed by atoms with Gasteiger partial charge in [-0.25, -0.2) is 0 Å². The molecule has 190 valence electrons. The fourth-order valence-corrected chi connectivity index (χ4v) is 5.13. The zero-order chi connectivity index (χ0) is 24.5. The highest BCUT2D eigenvalue weighted by molar-refractivity contribution is 5.79. The van der Waals surface area contributed by atoms with E-state index in [0.717, 1.165) is 76.6 Å². The third kappa shape index (κ3) is 7.79. The molecule has 0 saturated carbocycles. The summed E-state index contributed by atoms with van der Waals surface area (Å²) in [5.74, 6) is 1.03. The number of methoxy groups -OCH3 is 1. The van der Waals surface area contributed by atoms with Crippen LogP contribution in [0.2, 0.25) is 0 Å². The van der Waals surface area contributed by atoms with Crippen LogP contribution in [0.15, 0.2) is 48.5 Å². The molecule has 0 atom stereocenters. The Morgan fingerprint density at radius 2 is 1.51 bits per heavy atom. The van der Waals surface area contributed by atoms with Crippen LogP contribution in [-0.2, 0) is 22.5 Å². The lowest BCUT2D eigenvalue weighted by molar-refractivity contribution is -0.134. The van der Waals surface area contributed by atoms with E-state index >= 15 is 0 Å². The first-order valence-corrected chi connectivity index (χ1v) is 13.1. The average molecular weight is 480 g/mol. The highest BCUT2D eigenvalue weighted by atomic mass is 16.5. The summed E-state index contributed by atoms with van der Waals surface area (Å²) in [5, 5.41) is 0. The highest BCUT2D eigenvalue weighted by Gasteiger charge is 2.28. The summed E-state index contributed by atoms with van der Waals surface area (Å²) < 4.78 is 10.7. The summed E-state index contributed by atoms with van der Waals surface area (Å²) in [6.45, 7) is 11.1. The van der Waals surface area contributed by atoms with Gasteiger partial charge in [-0.05, 0) is 62.5 Å². The first-order chi connectivity index (χ1) is 17.1. The number of amides is 1. The van der Waals surface area contributed by atoms with Crippen LogP contribution in [0.1, 0.15) is 36.0 Å². The topological polar surface area (TPSA) is 45.2 Å². The van der Waals surface area contributed by atoms with Gasteiger partial charge in [-0.1, -0.05) is 42.0 Å². The van der Waals surface area contributed by atoms with Crippen LogP contribution in [0, 0.1) is 6.92 Å². The van der Waals surface area contributed by atoms with Crippen LogP contribution in [0.5, 0.6) is 5.75 Å². The number of piperidine rings is 1. The molecule has 35 heavy (non-hydrogen) atoms. The number of hydrogen-bond acceptors (Lipinski definition) is 5. The number of hydrogen-bond donors (Lipinski definition) is 0. The number of morpholine rings is 1. The number of ether oxygens (including phenoxy) is 2. The number of benzene rings is 2. The standard InChI is InChI=1S/C29H41N3O3/c1-24-4-6-26(7-5-24)23-32(29(33)22-25-8-10-28(34-2)11-9-25)27-12-16-30(17-13-27)14-3-15-31-18-20-35-21-19-31/h4-11,27H,3,12-23H2,1-2H3. The molecule has 0 aliphatic carbocycles. The summed E-state index contributed by atoms with van der Waals surface area (Å²) in [6.07, 6.45) is 3.71. The maximum atomic E-state index is 13.5. The molecule has 4 rings (SSSR count). The van der Waals surface area contributed by atoms with Gasteiger partial charge in [0.25, 0.3) is 0 Å². The molecule has 2 heterocycles. The lowest BCUT2D eigenvalue weighted by Gasteiger charge is -2.39. The van der Waals surface area contributed by atoms with Crippen molar-refractivity contribution in [3.63, 3.8) is 0 Å². The number of aryl methyl sites for hydroxylation is 1. The largest absolute Gasteiger partial charge is 0.497 e. The molecule has 2 fully saturated rings. The monoisotopic (exact) mass is 479 g/mol. The highest BCUT2D eigenvalue weighted by Crippen LogP contribution is 2.22. The van der Waals surface area contributed by atoms with Gasteiger partial charge in [0.2, 0.25) is 5.91 Å². The van der Waals surface area contributed by atoms with E-state index in [1.54, 1.807) is 7.11 Å². The molecule has 2 aromatic carbocycles. The summed E-state index contributed by atoms with van der Waals surface area (Å²) >= 11 is 0. The molecule has 2 aromatic rings. The molecule has 0 bridgehead atoms. The Bertz CT molecular complexity index is 902. The Morgan fingerprint density at radius 3 is 2.14 bits per heavy atom. The molecular formula is C29H41N3O3. The van der Waals surface area contributed by atoms with Crippen molar-refractivity contribution in [2.75, 3.05) is 59.6 Å². The first-order valence-electron chi connectivity index (χ1n) is 13.1. The van der Waals surface area contributed by atoms with Crippen LogP contribution in [0.3, 0.4) is 0 Å². The molecular weight excluding hydrogens is 438 g/mol. The van der Waals surface area contributed by atoms with E-state index in [1.807, 2.05) is 24.3 Å². The molecule has 0 unspecified atom stereocenters. The van der Waals surface area contributed by atoms with Crippen molar-refractivity contribution in [3.05, 3.63) is 65.2 Å². The van der Waals surface area contributed by atoms with Gasteiger partial charge >= 0.3 is 0 Å². The predicted molar refractivity (Wildman–Crippen MR) is 140 cm³/mol. The maximum Gasteiger partial charge on any atom is 0.227 e. The van der Waals surface area contributed by atoms with E-state index in [4.69, 9.17) is 9.47 Å². The van der Waals surface area contributed by atoms with Crippen molar-refractivity contribution in [1.82, 2.24) is 14.7 Å². The fraction of sp³-hybridized carbons (Fsp3) is 0.552. The molecule has 2 saturated heterocycles. The van der Waals surface area contributed by atoms with E-state index < -0.39 is 0 Å². The molecule has 0 aromatic heterocycles. The van der Waals surface area contributed by atoms with Crippen molar-refractivity contribution in [2.24, 2.45) is 0 Å². The SMILES string of the molecule is COc1ccc(CC(=O)N(Cc2ccc(C)cc2)C2CCN(CCCN3CCOCC3)CC2)cc1. The van der Waals surface area contributed by atoms with Gasteiger partial charge in [0, 0.05) is 38.8 Å². The maximum absolute atomic E-state index is 13.5. The van der Waals surface area contributed by atoms with Gasteiger partial charge in [0.05, 0.1) is 26.7 Å². The zero-order valence-corrected chi connectivity index (χ0v) is 21.5. The first kappa shape index (κ1) is 25.7. The Balaban J connectivity index is 1.33. The normalized spacial score (nSPS) is 17.9. The molecule has 0 radical (unpaired) electrons. The minimum absolute atomic E-state index is 0.210. The lowest BCUT2D eigenvalue weighted by atomic mass is 10.00. The zero-order valence-electron chi connectivity index (χ0n) is 21.5. The molecule has 0 N–H and O–H groups in total. The molecule has 6 heteroatoms. The molecule has 0 spiro atoms. The second kappa shape index (κ2) is 13.1. The molecule has 2 aliphatic heterocycles. The Labute approximate surface area is 210 Å². The van der Waals surface area contributed by atoms with Crippen molar-refractivity contribution in [1.29, 1.82) is 0 Å². The van der Waals surface area contributed by atoms with E-state index in [0.29, 0.717) is 13.0 Å². The van der Waals surface area contributed by atoms with Crippen LogP contribution in [0.4, 0.5) is 0 Å². The van der Waals surface area contributed by atoms with Crippen molar-refractivity contribution < 1.29 is 14.3 Å².